The van der Waals surface area contributed by atoms with Crippen molar-refractivity contribution < 1.29 is 19.4 Å². The van der Waals surface area contributed by atoms with Crippen molar-refractivity contribution in [1.29, 1.82) is 0 Å². The van der Waals surface area contributed by atoms with Crippen LogP contribution in [0.2, 0.25) is 0 Å². The van der Waals surface area contributed by atoms with Crippen LogP contribution in [0.1, 0.15) is 25.5 Å². The van der Waals surface area contributed by atoms with Gasteiger partial charge in [0.15, 0.2) is 5.72 Å². The molecule has 0 spiro atoms. The molecule has 3 N–H and O–H groups in total. The van der Waals surface area contributed by atoms with Crippen LogP contribution >= 0.6 is 0 Å². The second-order valence-electron chi connectivity index (χ2n) is 4.86. The van der Waals surface area contributed by atoms with Crippen molar-refractivity contribution >= 4 is 12.0 Å². The van der Waals surface area contributed by atoms with E-state index in [0.29, 0.717) is 0 Å². The predicted molar refractivity (Wildman–Crippen MR) is 71.6 cm³/mol. The molecule has 1 aromatic rings. The first-order valence-electron chi connectivity index (χ1n) is 6.48. The van der Waals surface area contributed by atoms with Gasteiger partial charge in [0, 0.05) is 0 Å². The van der Waals surface area contributed by atoms with Gasteiger partial charge in [0.25, 0.3) is 0 Å². The zero-order valence-corrected chi connectivity index (χ0v) is 11.4. The number of rotatable bonds is 3. The largest absolute Gasteiger partial charge is 0.466 e. The highest BCUT2D eigenvalue weighted by atomic mass is 16.5. The third-order valence-corrected chi connectivity index (χ3v) is 3.29. The van der Waals surface area contributed by atoms with Crippen LogP contribution in [0.3, 0.4) is 0 Å². The zero-order valence-electron chi connectivity index (χ0n) is 11.4. The molecule has 1 aliphatic heterocycles. The Morgan fingerprint density at radius 2 is 2.05 bits per heavy atom. The highest BCUT2D eigenvalue weighted by Crippen LogP contribution is 2.33. The second-order valence-corrected chi connectivity index (χ2v) is 4.86. The summed E-state index contributed by atoms with van der Waals surface area (Å²) in [5.74, 6) is -1.48. The lowest BCUT2D eigenvalue weighted by Gasteiger charge is -2.41. The molecule has 0 radical (unpaired) electrons. The molecule has 1 fully saturated rings. The van der Waals surface area contributed by atoms with Crippen LogP contribution in [0.5, 0.6) is 0 Å². The van der Waals surface area contributed by atoms with E-state index in [-0.39, 0.29) is 6.61 Å². The maximum atomic E-state index is 12.1. The number of aliphatic hydroxyl groups is 1. The lowest BCUT2D eigenvalue weighted by molar-refractivity contribution is -0.162. The van der Waals surface area contributed by atoms with E-state index in [0.717, 1.165) is 5.56 Å². The van der Waals surface area contributed by atoms with Gasteiger partial charge in [0.1, 0.15) is 5.92 Å². The molecule has 6 heteroatoms. The van der Waals surface area contributed by atoms with Gasteiger partial charge in [-0.1, -0.05) is 30.3 Å². The van der Waals surface area contributed by atoms with Gasteiger partial charge in [-0.2, -0.15) is 0 Å². The first-order chi connectivity index (χ1) is 9.45. The Bertz CT molecular complexity index is 501. The molecule has 0 aliphatic carbocycles. The molecule has 0 saturated carbocycles. The van der Waals surface area contributed by atoms with Crippen molar-refractivity contribution in [3.63, 3.8) is 0 Å². The first kappa shape index (κ1) is 14.3. The number of esters is 1. The number of carbonyl (C=O) groups is 2. The molecule has 2 amide bonds. The van der Waals surface area contributed by atoms with Gasteiger partial charge in [-0.05, 0) is 19.4 Å². The predicted octanol–water partition coefficient (Wildman–Crippen LogP) is 0.928. The summed E-state index contributed by atoms with van der Waals surface area (Å²) in [5, 5.41) is 15.4. The number of urea groups is 1. The first-order valence-corrected chi connectivity index (χ1v) is 6.48. The molecule has 1 aromatic carbocycles. The van der Waals surface area contributed by atoms with E-state index < -0.39 is 29.7 Å². The molecular weight excluding hydrogens is 260 g/mol. The summed E-state index contributed by atoms with van der Waals surface area (Å²) in [7, 11) is 0. The maximum Gasteiger partial charge on any atom is 0.317 e. The fourth-order valence-electron chi connectivity index (χ4n) is 2.43. The number of hydrogen-bond donors (Lipinski definition) is 3. The molecule has 1 heterocycles. The van der Waals surface area contributed by atoms with Crippen molar-refractivity contribution in [1.82, 2.24) is 10.6 Å². The van der Waals surface area contributed by atoms with Crippen molar-refractivity contribution in [2.45, 2.75) is 25.6 Å². The van der Waals surface area contributed by atoms with Gasteiger partial charge in [0.05, 0.1) is 12.6 Å². The van der Waals surface area contributed by atoms with Crippen molar-refractivity contribution in [2.75, 3.05) is 6.61 Å². The molecule has 0 aromatic heterocycles. The Labute approximate surface area is 117 Å². The van der Waals surface area contributed by atoms with Gasteiger partial charge in [0.2, 0.25) is 0 Å². The third kappa shape index (κ3) is 2.75. The summed E-state index contributed by atoms with van der Waals surface area (Å²) in [5.41, 5.74) is -0.935. The molecule has 1 aliphatic rings. The molecular formula is C14H18N2O4. The van der Waals surface area contributed by atoms with Crippen molar-refractivity contribution in [2.24, 2.45) is 5.92 Å². The van der Waals surface area contributed by atoms with Gasteiger partial charge in [-0.3, -0.25) is 4.79 Å². The number of benzene rings is 1. The number of carbonyl (C=O) groups excluding carboxylic acids is 2. The van der Waals surface area contributed by atoms with Crippen LogP contribution in [-0.4, -0.2) is 29.4 Å². The summed E-state index contributed by atoms with van der Waals surface area (Å²) >= 11 is 0. The molecule has 0 bridgehead atoms. The van der Waals surface area contributed by atoms with E-state index in [4.69, 9.17) is 4.74 Å². The van der Waals surface area contributed by atoms with Crippen LogP contribution in [0.15, 0.2) is 30.3 Å². The zero-order chi connectivity index (χ0) is 14.8. The summed E-state index contributed by atoms with van der Waals surface area (Å²) in [6.07, 6.45) is 0. The highest BCUT2D eigenvalue weighted by molar-refractivity contribution is 5.82. The molecule has 108 valence electrons. The van der Waals surface area contributed by atoms with Crippen LogP contribution in [0.4, 0.5) is 4.79 Å². The summed E-state index contributed by atoms with van der Waals surface area (Å²) in [6.45, 7) is 3.29. The SMILES string of the molecule is CCOC(=O)C1C(c2ccccc2)NC(=O)NC1(C)O. The fourth-order valence-corrected chi connectivity index (χ4v) is 2.43. The smallest absolute Gasteiger partial charge is 0.317 e. The summed E-state index contributed by atoms with van der Waals surface area (Å²) < 4.78 is 5.01. The normalized spacial score (nSPS) is 29.2. The van der Waals surface area contributed by atoms with E-state index in [9.17, 15) is 14.7 Å². The van der Waals surface area contributed by atoms with E-state index in [1.54, 1.807) is 31.2 Å². The monoisotopic (exact) mass is 278 g/mol. The van der Waals surface area contributed by atoms with Crippen LogP contribution in [0.25, 0.3) is 0 Å². The highest BCUT2D eigenvalue weighted by Gasteiger charge is 2.49. The number of nitrogens with one attached hydrogen (secondary N) is 2. The van der Waals surface area contributed by atoms with E-state index in [1.807, 2.05) is 6.07 Å². The van der Waals surface area contributed by atoms with Gasteiger partial charge < -0.3 is 20.5 Å². The van der Waals surface area contributed by atoms with Gasteiger partial charge in [-0.25, -0.2) is 4.79 Å². The Morgan fingerprint density at radius 1 is 1.40 bits per heavy atom. The Hall–Kier alpha value is -2.08. The number of hydrogen-bond acceptors (Lipinski definition) is 4. The van der Waals surface area contributed by atoms with Crippen molar-refractivity contribution in [3.8, 4) is 0 Å². The maximum absolute atomic E-state index is 12.1. The topological polar surface area (TPSA) is 87.7 Å². The van der Waals surface area contributed by atoms with E-state index in [2.05, 4.69) is 10.6 Å². The third-order valence-electron chi connectivity index (χ3n) is 3.29. The average Bonchev–Trinajstić information content (AvgIpc) is 2.37. The lowest BCUT2D eigenvalue weighted by Crippen LogP contribution is -2.65. The van der Waals surface area contributed by atoms with Gasteiger partial charge >= 0.3 is 12.0 Å². The fraction of sp³-hybridized carbons (Fsp3) is 0.429. The molecule has 20 heavy (non-hydrogen) atoms. The van der Waals surface area contributed by atoms with Crippen LogP contribution < -0.4 is 10.6 Å². The second kappa shape index (κ2) is 5.50. The average molecular weight is 278 g/mol. The minimum atomic E-state index is -1.67. The van der Waals surface area contributed by atoms with Crippen LogP contribution in [-0.2, 0) is 9.53 Å². The molecule has 1 saturated heterocycles. The molecule has 2 rings (SSSR count). The Kier molecular flexibility index (Phi) is 3.94. The Balaban J connectivity index is 2.39. The Morgan fingerprint density at radius 3 is 2.65 bits per heavy atom. The minimum absolute atomic E-state index is 0.209. The van der Waals surface area contributed by atoms with Gasteiger partial charge in [-0.15, -0.1) is 0 Å². The lowest BCUT2D eigenvalue weighted by atomic mass is 9.83. The van der Waals surface area contributed by atoms with Crippen LogP contribution in [0, 0.1) is 5.92 Å². The molecule has 6 nitrogen and oxygen atoms in total. The minimum Gasteiger partial charge on any atom is -0.466 e. The summed E-state index contributed by atoms with van der Waals surface area (Å²) in [4.78, 5) is 23.8. The number of ether oxygens (including phenoxy) is 1. The summed E-state index contributed by atoms with van der Waals surface area (Å²) in [6, 6.07) is 7.87. The number of amides is 2. The standard InChI is InChI=1S/C14H18N2O4/c1-3-20-12(17)10-11(9-7-5-4-6-8-9)15-13(18)16-14(10,2)19/h4-8,10-11,19H,3H2,1-2H3,(H2,15,16,18). The quantitative estimate of drug-likeness (QED) is 0.718. The molecule has 3 unspecified atom stereocenters. The molecule has 3 atom stereocenters. The van der Waals surface area contributed by atoms with E-state index >= 15 is 0 Å². The van der Waals surface area contributed by atoms with Crippen molar-refractivity contribution in [3.05, 3.63) is 35.9 Å². The van der Waals surface area contributed by atoms with E-state index in [1.165, 1.54) is 6.92 Å².